The summed E-state index contributed by atoms with van der Waals surface area (Å²) in [6.45, 7) is 3.83. The summed E-state index contributed by atoms with van der Waals surface area (Å²) in [6.07, 6.45) is 2.27. The molecule has 5 nitrogen and oxygen atoms in total. The molecule has 2 heterocycles. The highest BCUT2D eigenvalue weighted by molar-refractivity contribution is 7.73. The van der Waals surface area contributed by atoms with Crippen LogP contribution in [0.1, 0.15) is 23.4 Å². The van der Waals surface area contributed by atoms with Crippen LogP contribution < -0.4 is 0 Å². The van der Waals surface area contributed by atoms with Crippen LogP contribution in [-0.2, 0) is 16.0 Å². The fourth-order valence-corrected chi connectivity index (χ4v) is 3.63. The Balaban J connectivity index is 1.83. The minimum atomic E-state index is 0.0523. The van der Waals surface area contributed by atoms with E-state index in [9.17, 15) is 4.79 Å². The molecule has 1 aliphatic rings. The molecule has 0 aromatic carbocycles. The number of carbonyl (C=O) groups is 1. The number of aliphatic hydroxyl groups is 1. The number of thiazole rings is 1. The zero-order chi connectivity index (χ0) is 14.5. The van der Waals surface area contributed by atoms with Crippen LogP contribution in [0.3, 0.4) is 0 Å². The third-order valence-corrected chi connectivity index (χ3v) is 4.81. The molecule has 1 amide bonds. The summed E-state index contributed by atoms with van der Waals surface area (Å²) in [6, 6.07) is 0. The quantitative estimate of drug-likeness (QED) is 0.811. The number of carbonyl (C=O) groups excluding carboxylic acids is 1. The van der Waals surface area contributed by atoms with E-state index in [0.717, 1.165) is 40.5 Å². The minimum absolute atomic E-state index is 0.0523. The van der Waals surface area contributed by atoms with E-state index in [4.69, 9.17) is 22.1 Å². The van der Waals surface area contributed by atoms with Crippen LogP contribution >= 0.6 is 23.6 Å². The number of nitrogens with zero attached hydrogens (tertiary/aromatic N) is 1. The summed E-state index contributed by atoms with van der Waals surface area (Å²) < 4.78 is 6.22. The van der Waals surface area contributed by atoms with E-state index in [-0.39, 0.29) is 18.6 Å². The number of hydrogen-bond donors (Lipinski definition) is 2. The smallest absolute Gasteiger partial charge is 0.227 e. The Hall–Kier alpha value is -0.760. The first-order chi connectivity index (χ1) is 9.60. The molecule has 0 bridgehead atoms. The first-order valence-electron chi connectivity index (χ1n) is 6.79. The molecule has 0 aliphatic carbocycles. The van der Waals surface area contributed by atoms with E-state index >= 15 is 0 Å². The third-order valence-electron chi connectivity index (χ3n) is 3.48. The number of aromatic nitrogens is 1. The molecular weight excluding hydrogens is 296 g/mol. The van der Waals surface area contributed by atoms with E-state index < -0.39 is 0 Å². The zero-order valence-corrected chi connectivity index (χ0v) is 13.2. The van der Waals surface area contributed by atoms with Crippen molar-refractivity contribution in [3.8, 4) is 0 Å². The number of aromatic amines is 1. The number of nitrogens with one attached hydrogen (secondary N) is 1. The topological polar surface area (TPSA) is 65.6 Å². The molecule has 0 atom stereocenters. The predicted octanol–water partition coefficient (Wildman–Crippen LogP) is 1.66. The van der Waals surface area contributed by atoms with Crippen molar-refractivity contribution in [2.24, 2.45) is 0 Å². The minimum Gasteiger partial charge on any atom is -0.394 e. The van der Waals surface area contributed by atoms with Gasteiger partial charge in [-0.2, -0.15) is 0 Å². The second kappa shape index (κ2) is 7.31. The van der Waals surface area contributed by atoms with Gasteiger partial charge in [0.25, 0.3) is 0 Å². The van der Waals surface area contributed by atoms with Crippen molar-refractivity contribution >= 4 is 29.5 Å². The van der Waals surface area contributed by atoms with Gasteiger partial charge in [0.05, 0.1) is 25.7 Å². The average molecular weight is 316 g/mol. The van der Waals surface area contributed by atoms with Crippen LogP contribution in [-0.4, -0.2) is 53.3 Å². The highest BCUT2D eigenvalue weighted by atomic mass is 32.1. The first-order valence-corrected chi connectivity index (χ1v) is 8.01. The van der Waals surface area contributed by atoms with Crippen LogP contribution in [0.4, 0.5) is 0 Å². The Morgan fingerprint density at radius 2 is 2.25 bits per heavy atom. The lowest BCUT2D eigenvalue weighted by Crippen LogP contribution is -2.41. The van der Waals surface area contributed by atoms with Crippen molar-refractivity contribution in [1.29, 1.82) is 0 Å². The summed E-state index contributed by atoms with van der Waals surface area (Å²) in [4.78, 5) is 18.2. The molecule has 112 valence electrons. The Morgan fingerprint density at radius 1 is 1.55 bits per heavy atom. The van der Waals surface area contributed by atoms with Gasteiger partial charge in [-0.3, -0.25) is 4.79 Å². The van der Waals surface area contributed by atoms with Crippen molar-refractivity contribution in [3.05, 3.63) is 14.5 Å². The van der Waals surface area contributed by atoms with Crippen molar-refractivity contribution in [2.75, 3.05) is 26.3 Å². The lowest BCUT2D eigenvalue weighted by molar-refractivity contribution is -0.133. The van der Waals surface area contributed by atoms with Gasteiger partial charge in [0.15, 0.2) is 3.95 Å². The van der Waals surface area contributed by atoms with Crippen LogP contribution in [0.15, 0.2) is 0 Å². The van der Waals surface area contributed by atoms with Gasteiger partial charge >= 0.3 is 0 Å². The molecule has 1 aromatic rings. The average Bonchev–Trinajstić information content (AvgIpc) is 2.75. The Bertz CT molecular complexity index is 504. The highest BCUT2D eigenvalue weighted by Gasteiger charge is 2.23. The van der Waals surface area contributed by atoms with E-state index in [1.807, 2.05) is 11.8 Å². The van der Waals surface area contributed by atoms with Crippen molar-refractivity contribution < 1.29 is 14.6 Å². The molecule has 1 aromatic heterocycles. The summed E-state index contributed by atoms with van der Waals surface area (Å²) in [7, 11) is 0. The van der Waals surface area contributed by atoms with Gasteiger partial charge < -0.3 is 19.7 Å². The van der Waals surface area contributed by atoms with E-state index in [1.54, 1.807) is 0 Å². The number of rotatable bonds is 5. The summed E-state index contributed by atoms with van der Waals surface area (Å²) in [5.74, 6) is 0.152. The second-order valence-electron chi connectivity index (χ2n) is 4.91. The fraction of sp³-hybridized carbons (Fsp3) is 0.692. The van der Waals surface area contributed by atoms with E-state index in [2.05, 4.69) is 4.98 Å². The number of ether oxygens (including phenoxy) is 1. The Morgan fingerprint density at radius 3 is 2.80 bits per heavy atom. The van der Waals surface area contributed by atoms with Gasteiger partial charge in [0.1, 0.15) is 0 Å². The van der Waals surface area contributed by atoms with Crippen molar-refractivity contribution in [1.82, 2.24) is 9.88 Å². The summed E-state index contributed by atoms with van der Waals surface area (Å²) >= 11 is 6.56. The van der Waals surface area contributed by atoms with E-state index in [1.165, 1.54) is 11.3 Å². The summed E-state index contributed by atoms with van der Waals surface area (Å²) in [5, 5.41) is 8.73. The van der Waals surface area contributed by atoms with Crippen LogP contribution in [0, 0.1) is 10.9 Å². The largest absolute Gasteiger partial charge is 0.394 e. The molecular formula is C13H20N2O3S2. The maximum atomic E-state index is 12.3. The number of H-pyrrole nitrogens is 1. The molecule has 1 fully saturated rings. The molecule has 0 spiro atoms. The van der Waals surface area contributed by atoms with Crippen molar-refractivity contribution in [3.63, 3.8) is 0 Å². The molecule has 0 saturated carbocycles. The maximum absolute atomic E-state index is 12.3. The van der Waals surface area contributed by atoms with Gasteiger partial charge in [0.2, 0.25) is 5.91 Å². The normalized spacial score (nSPS) is 16.6. The second-order valence-corrected chi connectivity index (χ2v) is 6.69. The number of hydrogen-bond acceptors (Lipinski definition) is 5. The maximum Gasteiger partial charge on any atom is 0.227 e. The molecule has 2 N–H and O–H groups in total. The van der Waals surface area contributed by atoms with Gasteiger partial charge in [-0.05, 0) is 32.0 Å². The van der Waals surface area contributed by atoms with Gasteiger partial charge in [0, 0.05) is 23.7 Å². The first kappa shape index (κ1) is 15.6. The molecule has 2 rings (SSSR count). The van der Waals surface area contributed by atoms with Gasteiger partial charge in [-0.1, -0.05) is 0 Å². The fourth-order valence-electron chi connectivity index (χ4n) is 2.35. The number of amides is 1. The number of aliphatic hydroxyl groups excluding tert-OH is 1. The lowest BCUT2D eigenvalue weighted by Gasteiger charge is -2.31. The van der Waals surface area contributed by atoms with E-state index in [0.29, 0.717) is 13.0 Å². The monoisotopic (exact) mass is 316 g/mol. The molecule has 0 unspecified atom stereocenters. The van der Waals surface area contributed by atoms with Crippen molar-refractivity contribution in [2.45, 2.75) is 32.3 Å². The van der Waals surface area contributed by atoms with Gasteiger partial charge in [-0.25, -0.2) is 0 Å². The predicted molar refractivity (Wildman–Crippen MR) is 80.6 cm³/mol. The lowest BCUT2D eigenvalue weighted by atomic mass is 10.1. The number of piperidine rings is 1. The zero-order valence-electron chi connectivity index (χ0n) is 11.6. The van der Waals surface area contributed by atoms with Gasteiger partial charge in [-0.15, -0.1) is 11.3 Å². The highest BCUT2D eigenvalue weighted by Crippen LogP contribution is 2.19. The summed E-state index contributed by atoms with van der Waals surface area (Å²) in [5.41, 5.74) is 0.995. The standard InChI is InChI=1S/C13H20N2O3S2/c1-9-11(20-13(19)14-9)8-12(17)15-4-2-10(3-5-15)18-7-6-16/h10,16H,2-8H2,1H3,(H,14,19). The third kappa shape index (κ3) is 4.12. The Labute approximate surface area is 127 Å². The number of aryl methyl sites for hydroxylation is 1. The van der Waals surface area contributed by atoms with Crippen LogP contribution in [0.5, 0.6) is 0 Å². The van der Waals surface area contributed by atoms with Crippen LogP contribution in [0.25, 0.3) is 0 Å². The van der Waals surface area contributed by atoms with Crippen LogP contribution in [0.2, 0.25) is 0 Å². The molecule has 1 saturated heterocycles. The number of likely N-dealkylation sites (tertiary alicyclic amines) is 1. The SMILES string of the molecule is Cc1[nH]c(=S)sc1CC(=O)N1CCC(OCCO)CC1. The molecule has 20 heavy (non-hydrogen) atoms. The molecule has 0 radical (unpaired) electrons. The Kier molecular flexibility index (Phi) is 5.71. The molecule has 1 aliphatic heterocycles. The molecule has 7 heteroatoms.